The van der Waals surface area contributed by atoms with E-state index in [4.69, 9.17) is 4.98 Å². The molecule has 5 rings (SSSR count). The first kappa shape index (κ1) is 19.8. The van der Waals surface area contributed by atoms with Gasteiger partial charge in [0.05, 0.1) is 10.6 Å². The number of fused-ring (bicyclic) bond motifs is 3. The van der Waals surface area contributed by atoms with Gasteiger partial charge in [0.2, 0.25) is 5.95 Å². The van der Waals surface area contributed by atoms with E-state index >= 15 is 0 Å². The number of rotatable bonds is 5. The van der Waals surface area contributed by atoms with Crippen LogP contribution in [0.5, 0.6) is 0 Å². The summed E-state index contributed by atoms with van der Waals surface area (Å²) in [7, 11) is 2.17. The van der Waals surface area contributed by atoms with Crippen LogP contribution in [0, 0.1) is 0 Å². The van der Waals surface area contributed by atoms with Gasteiger partial charge in [-0.3, -0.25) is 4.31 Å². The van der Waals surface area contributed by atoms with Gasteiger partial charge in [-0.05, 0) is 55.4 Å². The second kappa shape index (κ2) is 8.56. The van der Waals surface area contributed by atoms with E-state index in [1.807, 2.05) is 24.5 Å². The molecule has 1 aromatic carbocycles. The Labute approximate surface area is 187 Å². The number of anilines is 4. The maximum absolute atomic E-state index is 4.81. The van der Waals surface area contributed by atoms with Crippen LogP contribution in [0.2, 0.25) is 0 Å². The van der Waals surface area contributed by atoms with E-state index in [0.717, 1.165) is 53.8 Å². The molecule has 0 unspecified atom stereocenters. The van der Waals surface area contributed by atoms with Gasteiger partial charge in [0.25, 0.3) is 0 Å². The minimum absolute atomic E-state index is 0.582. The van der Waals surface area contributed by atoms with Crippen LogP contribution in [-0.2, 0) is 0 Å². The summed E-state index contributed by atoms with van der Waals surface area (Å²) in [5, 5.41) is 3.35. The topological polar surface area (TPSA) is 60.4 Å². The highest BCUT2D eigenvalue weighted by atomic mass is 32.2. The lowest BCUT2D eigenvalue weighted by Crippen LogP contribution is -2.44. The Balaban J connectivity index is 1.36. The summed E-state index contributed by atoms with van der Waals surface area (Å²) in [5.74, 6) is 1.49. The van der Waals surface area contributed by atoms with Crippen molar-refractivity contribution in [2.45, 2.75) is 4.90 Å². The first-order valence-electron chi connectivity index (χ1n) is 10.4. The Hall–Kier alpha value is -3.10. The van der Waals surface area contributed by atoms with Gasteiger partial charge in [-0.25, -0.2) is 15.0 Å². The molecule has 0 bridgehead atoms. The molecule has 3 aromatic rings. The average molecular weight is 432 g/mol. The third-order valence-electron chi connectivity index (χ3n) is 5.53. The molecule has 0 spiro atoms. The van der Waals surface area contributed by atoms with Crippen LogP contribution < -0.4 is 14.5 Å². The van der Waals surface area contributed by atoms with Gasteiger partial charge in [-0.15, -0.1) is 6.58 Å². The number of benzene rings is 1. The summed E-state index contributed by atoms with van der Waals surface area (Å²) in [6.07, 6.45) is 5.56. The van der Waals surface area contributed by atoms with Gasteiger partial charge in [0.15, 0.2) is 0 Å². The van der Waals surface area contributed by atoms with Crippen molar-refractivity contribution < 1.29 is 0 Å². The van der Waals surface area contributed by atoms with Crippen LogP contribution >= 0.6 is 11.9 Å². The molecule has 31 heavy (non-hydrogen) atoms. The van der Waals surface area contributed by atoms with Gasteiger partial charge in [0.1, 0.15) is 5.82 Å². The summed E-state index contributed by atoms with van der Waals surface area (Å²) >= 11 is 1.60. The first-order valence-corrected chi connectivity index (χ1v) is 11.2. The Kier molecular flexibility index (Phi) is 5.48. The highest BCUT2D eigenvalue weighted by Gasteiger charge is 2.25. The van der Waals surface area contributed by atoms with E-state index in [-0.39, 0.29) is 0 Å². The number of aromatic nitrogens is 3. The lowest BCUT2D eigenvalue weighted by Gasteiger charge is -2.34. The SMILES string of the molecule is C=CCN1Sc2cnc(Nc3ccc(N4CCN(C)CC4)cc3)nc2-c2cccnc21. The number of pyridine rings is 1. The highest BCUT2D eigenvalue weighted by Crippen LogP contribution is 2.44. The zero-order chi connectivity index (χ0) is 21.2. The fraction of sp³-hybridized carbons (Fsp3) is 0.261. The summed E-state index contributed by atoms with van der Waals surface area (Å²) in [6.45, 7) is 8.88. The molecular weight excluding hydrogens is 406 g/mol. The standard InChI is InChI=1S/C23H25N7S/c1-3-11-30-22-19(5-4-10-24-22)21-20(31-30)16-25-23(27-21)26-17-6-8-18(9-7-17)29-14-12-28(2)13-15-29/h3-10,16H,1,11-15H2,2H3,(H,25,26,27). The lowest BCUT2D eigenvalue weighted by molar-refractivity contribution is 0.313. The van der Waals surface area contributed by atoms with Crippen molar-refractivity contribution in [3.63, 3.8) is 0 Å². The molecule has 1 saturated heterocycles. The molecule has 2 aliphatic heterocycles. The molecule has 0 saturated carbocycles. The molecule has 0 atom stereocenters. The molecule has 8 heteroatoms. The highest BCUT2D eigenvalue weighted by molar-refractivity contribution is 8.00. The van der Waals surface area contributed by atoms with Crippen molar-refractivity contribution in [3.8, 4) is 11.3 Å². The normalized spacial score (nSPS) is 15.9. The average Bonchev–Trinajstić information content (AvgIpc) is 2.81. The number of hydrogen-bond donors (Lipinski definition) is 1. The van der Waals surface area contributed by atoms with E-state index in [9.17, 15) is 0 Å². The molecule has 0 aliphatic carbocycles. The maximum Gasteiger partial charge on any atom is 0.227 e. The minimum atomic E-state index is 0.582. The van der Waals surface area contributed by atoms with Crippen LogP contribution in [0.4, 0.5) is 23.1 Å². The van der Waals surface area contributed by atoms with Crippen molar-refractivity contribution in [3.05, 3.63) is 61.4 Å². The smallest absolute Gasteiger partial charge is 0.227 e. The third kappa shape index (κ3) is 4.08. The minimum Gasteiger partial charge on any atom is -0.369 e. The number of hydrogen-bond acceptors (Lipinski definition) is 8. The molecule has 4 heterocycles. The van der Waals surface area contributed by atoms with Crippen LogP contribution in [0.15, 0.2) is 66.3 Å². The van der Waals surface area contributed by atoms with E-state index in [1.54, 1.807) is 11.9 Å². The van der Waals surface area contributed by atoms with E-state index in [0.29, 0.717) is 12.5 Å². The Morgan fingerprint density at radius 2 is 1.90 bits per heavy atom. The Morgan fingerprint density at radius 1 is 1.10 bits per heavy atom. The van der Waals surface area contributed by atoms with E-state index in [2.05, 4.69) is 73.3 Å². The summed E-state index contributed by atoms with van der Waals surface area (Å²) in [4.78, 5) is 19.7. The van der Waals surface area contributed by atoms with E-state index in [1.165, 1.54) is 5.69 Å². The van der Waals surface area contributed by atoms with Crippen molar-refractivity contribution >= 4 is 35.1 Å². The summed E-state index contributed by atoms with van der Waals surface area (Å²) in [5.41, 5.74) is 4.14. The predicted octanol–water partition coefficient (Wildman–Crippen LogP) is 4.05. The van der Waals surface area contributed by atoms with Crippen molar-refractivity contribution in [1.82, 2.24) is 19.9 Å². The van der Waals surface area contributed by atoms with Gasteiger partial charge >= 0.3 is 0 Å². The largest absolute Gasteiger partial charge is 0.369 e. The Bertz CT molecular complexity index is 1080. The van der Waals surface area contributed by atoms with E-state index < -0.39 is 0 Å². The molecule has 158 valence electrons. The van der Waals surface area contributed by atoms with Crippen LogP contribution in [0.3, 0.4) is 0 Å². The van der Waals surface area contributed by atoms with Crippen molar-refractivity contribution in [2.75, 3.05) is 54.3 Å². The van der Waals surface area contributed by atoms with Gasteiger partial charge in [-0.2, -0.15) is 0 Å². The third-order valence-corrected chi connectivity index (χ3v) is 6.57. The fourth-order valence-electron chi connectivity index (χ4n) is 3.82. The predicted molar refractivity (Wildman–Crippen MR) is 128 cm³/mol. The Morgan fingerprint density at radius 3 is 2.68 bits per heavy atom. The van der Waals surface area contributed by atoms with Crippen LogP contribution in [0.1, 0.15) is 0 Å². The molecule has 0 amide bonds. The van der Waals surface area contributed by atoms with Gasteiger partial charge < -0.3 is 15.1 Å². The fourth-order valence-corrected chi connectivity index (χ4v) is 4.81. The number of piperazine rings is 1. The molecule has 1 fully saturated rings. The quantitative estimate of drug-likeness (QED) is 0.480. The van der Waals surface area contributed by atoms with Crippen molar-refractivity contribution in [2.24, 2.45) is 0 Å². The first-order chi connectivity index (χ1) is 15.2. The zero-order valence-corrected chi connectivity index (χ0v) is 18.3. The molecule has 7 nitrogen and oxygen atoms in total. The lowest BCUT2D eigenvalue weighted by atomic mass is 10.1. The van der Waals surface area contributed by atoms with Crippen molar-refractivity contribution in [1.29, 1.82) is 0 Å². The second-order valence-electron chi connectivity index (χ2n) is 7.68. The zero-order valence-electron chi connectivity index (χ0n) is 17.5. The van der Waals surface area contributed by atoms with Crippen LogP contribution in [0.25, 0.3) is 11.3 Å². The molecule has 0 radical (unpaired) electrons. The second-order valence-corrected chi connectivity index (χ2v) is 8.75. The number of nitrogens with one attached hydrogen (secondary N) is 1. The van der Waals surface area contributed by atoms with Crippen LogP contribution in [-0.4, -0.2) is 59.6 Å². The molecular formula is C23H25N7S. The molecule has 1 N–H and O–H groups in total. The molecule has 2 aromatic heterocycles. The number of likely N-dealkylation sites (N-methyl/N-ethyl adjacent to an activating group) is 1. The summed E-state index contributed by atoms with van der Waals surface area (Å²) < 4.78 is 2.11. The van der Waals surface area contributed by atoms with Gasteiger partial charge in [-0.1, -0.05) is 6.08 Å². The van der Waals surface area contributed by atoms with Gasteiger partial charge in [0, 0.05) is 62.1 Å². The maximum atomic E-state index is 4.81. The summed E-state index contributed by atoms with van der Waals surface area (Å²) in [6, 6.07) is 12.5. The monoisotopic (exact) mass is 431 g/mol. The number of nitrogens with zero attached hydrogens (tertiary/aromatic N) is 6. The molecule has 2 aliphatic rings.